The molecular formula is C14H25N3O. The lowest BCUT2D eigenvalue weighted by Gasteiger charge is -2.34. The van der Waals surface area contributed by atoms with Gasteiger partial charge in [0.15, 0.2) is 0 Å². The van der Waals surface area contributed by atoms with Crippen molar-refractivity contribution in [1.29, 1.82) is 0 Å². The molecule has 0 unspecified atom stereocenters. The van der Waals surface area contributed by atoms with Gasteiger partial charge in [0.05, 0.1) is 5.69 Å². The fourth-order valence-electron chi connectivity index (χ4n) is 2.48. The summed E-state index contributed by atoms with van der Waals surface area (Å²) in [5.41, 5.74) is 2.74. The first-order valence-corrected chi connectivity index (χ1v) is 6.85. The lowest BCUT2D eigenvalue weighted by atomic mass is 9.92. The van der Waals surface area contributed by atoms with E-state index < -0.39 is 0 Å². The van der Waals surface area contributed by atoms with Crippen molar-refractivity contribution in [2.24, 2.45) is 7.05 Å². The smallest absolute Gasteiger partial charge is 0.0694 e. The molecule has 1 aliphatic rings. The molecule has 0 amide bonds. The van der Waals surface area contributed by atoms with Crippen molar-refractivity contribution in [2.45, 2.75) is 51.6 Å². The largest absolute Gasteiger partial charge is 0.381 e. The summed E-state index contributed by atoms with van der Waals surface area (Å²) in [4.78, 5) is 0. The van der Waals surface area contributed by atoms with Crippen LogP contribution in [0.4, 0.5) is 0 Å². The summed E-state index contributed by atoms with van der Waals surface area (Å²) in [6, 6.07) is 0. The molecule has 1 aromatic heterocycles. The number of aromatic nitrogens is 2. The van der Waals surface area contributed by atoms with Crippen LogP contribution in [-0.4, -0.2) is 28.5 Å². The van der Waals surface area contributed by atoms with Crippen LogP contribution in [0.15, 0.2) is 6.20 Å². The van der Waals surface area contributed by atoms with Crippen LogP contribution in [0, 0.1) is 0 Å². The number of hydrogen-bond donors (Lipinski definition) is 1. The molecule has 0 aromatic carbocycles. The Balaban J connectivity index is 2.01. The van der Waals surface area contributed by atoms with Crippen molar-refractivity contribution in [3.05, 3.63) is 17.5 Å². The molecule has 2 heterocycles. The van der Waals surface area contributed by atoms with E-state index in [1.54, 1.807) is 0 Å². The van der Waals surface area contributed by atoms with Crippen LogP contribution in [0.2, 0.25) is 0 Å². The van der Waals surface area contributed by atoms with Gasteiger partial charge < -0.3 is 10.1 Å². The first-order valence-electron chi connectivity index (χ1n) is 6.85. The lowest BCUT2D eigenvalue weighted by molar-refractivity contribution is 0.0446. The Morgan fingerprint density at radius 2 is 2.11 bits per heavy atom. The highest BCUT2D eigenvalue weighted by Crippen LogP contribution is 2.22. The predicted octanol–water partition coefficient (Wildman–Crippen LogP) is 2.20. The zero-order valence-electron chi connectivity index (χ0n) is 12.0. The van der Waals surface area contributed by atoms with Gasteiger partial charge in [0.2, 0.25) is 0 Å². The molecule has 1 N–H and O–H groups in total. The highest BCUT2D eigenvalue weighted by atomic mass is 16.5. The molecule has 0 atom stereocenters. The van der Waals surface area contributed by atoms with Crippen LogP contribution in [0.25, 0.3) is 0 Å². The number of nitrogens with zero attached hydrogens (tertiary/aromatic N) is 2. The van der Waals surface area contributed by atoms with Gasteiger partial charge in [-0.2, -0.15) is 5.10 Å². The van der Waals surface area contributed by atoms with Crippen LogP contribution < -0.4 is 5.32 Å². The summed E-state index contributed by atoms with van der Waals surface area (Å²) in [5, 5.41) is 8.24. The van der Waals surface area contributed by atoms with Crippen molar-refractivity contribution >= 4 is 0 Å². The molecule has 1 fully saturated rings. The minimum absolute atomic E-state index is 0.211. The molecule has 0 spiro atoms. The van der Waals surface area contributed by atoms with Crippen LogP contribution in [0.5, 0.6) is 0 Å². The van der Waals surface area contributed by atoms with Crippen LogP contribution in [0.1, 0.15) is 50.8 Å². The minimum Gasteiger partial charge on any atom is -0.381 e. The Bertz CT molecular complexity index is 392. The van der Waals surface area contributed by atoms with E-state index >= 15 is 0 Å². The van der Waals surface area contributed by atoms with Gasteiger partial charge in [-0.25, -0.2) is 0 Å². The van der Waals surface area contributed by atoms with Crippen molar-refractivity contribution in [3.63, 3.8) is 0 Å². The van der Waals surface area contributed by atoms with Crippen molar-refractivity contribution in [2.75, 3.05) is 13.2 Å². The van der Waals surface area contributed by atoms with Gasteiger partial charge in [-0.3, -0.25) is 4.68 Å². The van der Waals surface area contributed by atoms with Crippen LogP contribution in [0.3, 0.4) is 0 Å². The van der Waals surface area contributed by atoms with Gasteiger partial charge in [-0.15, -0.1) is 0 Å². The highest BCUT2D eigenvalue weighted by molar-refractivity contribution is 5.20. The lowest BCUT2D eigenvalue weighted by Crippen LogP contribution is -2.46. The quantitative estimate of drug-likeness (QED) is 0.891. The first-order chi connectivity index (χ1) is 8.50. The molecule has 1 saturated heterocycles. The molecule has 0 radical (unpaired) electrons. The number of ether oxygens (including phenoxy) is 1. The van der Waals surface area contributed by atoms with Crippen molar-refractivity contribution in [3.8, 4) is 0 Å². The third-order valence-electron chi connectivity index (χ3n) is 3.79. The Morgan fingerprint density at radius 3 is 2.72 bits per heavy atom. The zero-order valence-corrected chi connectivity index (χ0v) is 12.0. The van der Waals surface area contributed by atoms with E-state index in [0.29, 0.717) is 5.92 Å². The molecule has 4 nitrogen and oxygen atoms in total. The summed E-state index contributed by atoms with van der Waals surface area (Å²) < 4.78 is 7.34. The van der Waals surface area contributed by atoms with Gasteiger partial charge in [-0.1, -0.05) is 13.8 Å². The molecule has 0 bridgehead atoms. The van der Waals surface area contributed by atoms with E-state index in [1.807, 2.05) is 11.7 Å². The second-order valence-corrected chi connectivity index (χ2v) is 5.89. The van der Waals surface area contributed by atoms with E-state index in [9.17, 15) is 0 Å². The van der Waals surface area contributed by atoms with Gasteiger partial charge in [0.1, 0.15) is 0 Å². The molecule has 2 rings (SSSR count). The van der Waals surface area contributed by atoms with E-state index in [4.69, 9.17) is 4.74 Å². The fraction of sp³-hybridized carbons (Fsp3) is 0.786. The maximum absolute atomic E-state index is 5.43. The zero-order chi connectivity index (χ0) is 13.2. The van der Waals surface area contributed by atoms with Crippen LogP contribution >= 0.6 is 0 Å². The Hall–Kier alpha value is -0.870. The fourth-order valence-corrected chi connectivity index (χ4v) is 2.48. The second-order valence-electron chi connectivity index (χ2n) is 5.89. The predicted molar refractivity (Wildman–Crippen MR) is 72.6 cm³/mol. The number of hydrogen-bond acceptors (Lipinski definition) is 3. The summed E-state index contributed by atoms with van der Waals surface area (Å²) in [5.74, 6) is 0.477. The molecule has 18 heavy (non-hydrogen) atoms. The maximum Gasteiger partial charge on any atom is 0.0694 e. The van der Waals surface area contributed by atoms with Gasteiger partial charge in [-0.05, 0) is 25.7 Å². The third-order valence-corrected chi connectivity index (χ3v) is 3.79. The maximum atomic E-state index is 5.43. The number of rotatable bonds is 4. The van der Waals surface area contributed by atoms with E-state index in [2.05, 4.69) is 37.4 Å². The summed E-state index contributed by atoms with van der Waals surface area (Å²) >= 11 is 0. The van der Waals surface area contributed by atoms with Gasteiger partial charge in [0.25, 0.3) is 0 Å². The highest BCUT2D eigenvalue weighted by Gasteiger charge is 2.27. The van der Waals surface area contributed by atoms with Gasteiger partial charge >= 0.3 is 0 Å². The summed E-state index contributed by atoms with van der Waals surface area (Å²) in [7, 11) is 1.99. The van der Waals surface area contributed by atoms with E-state index in [0.717, 1.165) is 32.6 Å². The van der Waals surface area contributed by atoms with E-state index in [-0.39, 0.29) is 5.54 Å². The molecular weight excluding hydrogens is 226 g/mol. The molecule has 102 valence electrons. The SMILES string of the molecule is CC(C)c1nn(C)cc1CNC1(C)CCOCC1. The van der Waals surface area contributed by atoms with Crippen molar-refractivity contribution < 1.29 is 4.74 Å². The molecule has 4 heteroatoms. The molecule has 1 aliphatic heterocycles. The normalized spacial score (nSPS) is 19.4. The molecule has 1 aromatic rings. The second kappa shape index (κ2) is 5.41. The average molecular weight is 251 g/mol. The van der Waals surface area contributed by atoms with E-state index in [1.165, 1.54) is 11.3 Å². The minimum atomic E-state index is 0.211. The Kier molecular flexibility index (Phi) is 4.07. The monoisotopic (exact) mass is 251 g/mol. The topological polar surface area (TPSA) is 39.1 Å². The van der Waals surface area contributed by atoms with Gasteiger partial charge in [0, 0.05) is 44.1 Å². The standard InChI is InChI=1S/C14H25N3O/c1-11(2)13-12(10-17(4)16-13)9-15-14(3)5-7-18-8-6-14/h10-11,15H,5-9H2,1-4H3. The summed E-state index contributed by atoms with van der Waals surface area (Å²) in [6.45, 7) is 9.32. The third kappa shape index (κ3) is 3.12. The molecule has 0 saturated carbocycles. The molecule has 0 aliphatic carbocycles. The van der Waals surface area contributed by atoms with Crippen LogP contribution in [-0.2, 0) is 18.3 Å². The Morgan fingerprint density at radius 1 is 1.44 bits per heavy atom. The summed E-state index contributed by atoms with van der Waals surface area (Å²) in [6.07, 6.45) is 4.31. The number of aryl methyl sites for hydroxylation is 1. The first kappa shape index (κ1) is 13.6. The van der Waals surface area contributed by atoms with Crippen molar-refractivity contribution in [1.82, 2.24) is 15.1 Å². The Labute approximate surface area is 110 Å². The number of nitrogens with one attached hydrogen (secondary N) is 1. The average Bonchev–Trinajstić information content (AvgIpc) is 2.69.